The molecule has 0 radical (unpaired) electrons. The van der Waals surface area contributed by atoms with E-state index < -0.39 is 0 Å². The predicted octanol–water partition coefficient (Wildman–Crippen LogP) is 2.80. The van der Waals surface area contributed by atoms with Crippen molar-refractivity contribution in [3.05, 3.63) is 41.5 Å². The quantitative estimate of drug-likeness (QED) is 0.794. The molecule has 2 N–H and O–H groups in total. The molecule has 2 bridgehead atoms. The highest BCUT2D eigenvalue weighted by atomic mass is 16.6. The number of rotatable bonds is 1. The second-order valence-electron chi connectivity index (χ2n) is 5.97. The summed E-state index contributed by atoms with van der Waals surface area (Å²) in [6.07, 6.45) is 5.17. The summed E-state index contributed by atoms with van der Waals surface area (Å²) in [6, 6.07) is 5.41. The van der Waals surface area contributed by atoms with Crippen LogP contribution in [0.3, 0.4) is 0 Å². The van der Waals surface area contributed by atoms with Crippen molar-refractivity contribution in [3.63, 3.8) is 0 Å². The summed E-state index contributed by atoms with van der Waals surface area (Å²) in [7, 11) is 0. The molecule has 0 unspecified atom stereocenters. The Kier molecular flexibility index (Phi) is 2.19. The maximum absolute atomic E-state index is 10.6. The average molecular weight is 297 g/mol. The predicted molar refractivity (Wildman–Crippen MR) is 79.3 cm³/mol. The molecule has 0 fully saturated rings. The Balaban J connectivity index is 1.68. The van der Waals surface area contributed by atoms with Gasteiger partial charge in [0.15, 0.2) is 11.5 Å². The van der Waals surface area contributed by atoms with Crippen LogP contribution in [0.2, 0.25) is 0 Å². The van der Waals surface area contributed by atoms with Gasteiger partial charge < -0.3 is 19.7 Å². The standard InChI is InChI=1S/C17H15NO4/c19-16-14-9-1-2-10(7-9)15(14)17(20)18(16)11-3-4-12-13(8-11)22-6-5-21-12/h1-4,8-10,19-20H,5-7H2/t9-,10+. The molecule has 2 heterocycles. The molecule has 0 spiro atoms. The van der Waals surface area contributed by atoms with Crippen molar-refractivity contribution in [3.8, 4) is 28.9 Å². The third kappa shape index (κ3) is 1.38. The molecule has 3 aliphatic rings. The Morgan fingerprint density at radius 2 is 1.55 bits per heavy atom. The average Bonchev–Trinajstić information content (AvgIpc) is 3.21. The number of benzene rings is 1. The number of aromatic hydroxyl groups is 2. The normalized spacial score (nSPS) is 23.8. The summed E-state index contributed by atoms with van der Waals surface area (Å²) >= 11 is 0. The molecule has 1 aromatic carbocycles. The summed E-state index contributed by atoms with van der Waals surface area (Å²) < 4.78 is 12.6. The van der Waals surface area contributed by atoms with Crippen LogP contribution in [0.1, 0.15) is 29.4 Å². The van der Waals surface area contributed by atoms with E-state index in [1.54, 1.807) is 12.1 Å². The van der Waals surface area contributed by atoms with Gasteiger partial charge in [-0.3, -0.25) is 4.57 Å². The molecule has 5 heteroatoms. The molecule has 1 aliphatic heterocycles. The van der Waals surface area contributed by atoms with Crippen molar-refractivity contribution in [1.82, 2.24) is 4.57 Å². The lowest BCUT2D eigenvalue weighted by molar-refractivity contribution is 0.171. The molecule has 2 aliphatic carbocycles. The summed E-state index contributed by atoms with van der Waals surface area (Å²) in [6.45, 7) is 1.04. The van der Waals surface area contributed by atoms with Crippen LogP contribution >= 0.6 is 0 Å². The SMILES string of the molecule is Oc1c2c(c(O)n1-c1ccc3c(c1)OCCO3)[C@H]1C=C[C@@H]2C1. The number of allylic oxidation sites excluding steroid dienone is 2. The van der Waals surface area contributed by atoms with E-state index in [0.29, 0.717) is 30.4 Å². The zero-order chi connectivity index (χ0) is 14.8. The van der Waals surface area contributed by atoms with Gasteiger partial charge in [0.25, 0.3) is 0 Å². The van der Waals surface area contributed by atoms with Gasteiger partial charge in [0.05, 0.1) is 5.69 Å². The molecule has 0 saturated heterocycles. The van der Waals surface area contributed by atoms with Crippen molar-refractivity contribution in [2.45, 2.75) is 18.3 Å². The lowest BCUT2D eigenvalue weighted by atomic mass is 10.0. The summed E-state index contributed by atoms with van der Waals surface area (Å²) in [5.74, 6) is 2.00. The first-order chi connectivity index (χ1) is 10.7. The van der Waals surface area contributed by atoms with Crippen molar-refractivity contribution in [2.24, 2.45) is 0 Å². The highest BCUT2D eigenvalue weighted by Crippen LogP contribution is 2.57. The second kappa shape index (κ2) is 4.00. The topological polar surface area (TPSA) is 63.9 Å². The fraction of sp³-hybridized carbons (Fsp3) is 0.294. The smallest absolute Gasteiger partial charge is 0.202 e. The summed E-state index contributed by atoms with van der Waals surface area (Å²) in [5.41, 5.74) is 2.40. The largest absolute Gasteiger partial charge is 0.494 e. The molecule has 0 amide bonds. The van der Waals surface area contributed by atoms with Crippen molar-refractivity contribution >= 4 is 0 Å². The Morgan fingerprint density at radius 1 is 0.909 bits per heavy atom. The number of nitrogens with zero attached hydrogens (tertiary/aromatic N) is 1. The summed E-state index contributed by atoms with van der Waals surface area (Å²) in [4.78, 5) is 0. The number of ether oxygens (including phenoxy) is 2. The minimum atomic E-state index is 0.126. The van der Waals surface area contributed by atoms with Gasteiger partial charge >= 0.3 is 0 Å². The second-order valence-corrected chi connectivity index (χ2v) is 5.97. The van der Waals surface area contributed by atoms with E-state index in [1.807, 2.05) is 6.07 Å². The third-order valence-electron chi connectivity index (χ3n) is 4.80. The van der Waals surface area contributed by atoms with Crippen LogP contribution in [0, 0.1) is 0 Å². The first-order valence-corrected chi connectivity index (χ1v) is 7.49. The Labute approximate surface area is 127 Å². The van der Waals surface area contributed by atoms with Gasteiger partial charge in [-0.15, -0.1) is 0 Å². The van der Waals surface area contributed by atoms with Gasteiger partial charge in [-0.1, -0.05) is 12.2 Å². The van der Waals surface area contributed by atoms with Crippen LogP contribution in [-0.2, 0) is 0 Å². The number of fused-ring (bicyclic) bond motifs is 6. The monoisotopic (exact) mass is 297 g/mol. The highest BCUT2D eigenvalue weighted by molar-refractivity contribution is 5.63. The van der Waals surface area contributed by atoms with Crippen LogP contribution in [0.4, 0.5) is 0 Å². The van der Waals surface area contributed by atoms with Gasteiger partial charge in [-0.05, 0) is 18.6 Å². The zero-order valence-corrected chi connectivity index (χ0v) is 11.8. The molecule has 112 valence electrons. The fourth-order valence-corrected chi connectivity index (χ4v) is 3.86. The minimum absolute atomic E-state index is 0.126. The fourth-order valence-electron chi connectivity index (χ4n) is 3.86. The van der Waals surface area contributed by atoms with Gasteiger partial charge in [0.2, 0.25) is 11.8 Å². The number of hydrogen-bond donors (Lipinski definition) is 2. The van der Waals surface area contributed by atoms with Crippen LogP contribution in [-0.4, -0.2) is 28.0 Å². The van der Waals surface area contributed by atoms with E-state index in [0.717, 1.165) is 17.5 Å². The van der Waals surface area contributed by atoms with Crippen molar-refractivity contribution in [2.75, 3.05) is 13.2 Å². The van der Waals surface area contributed by atoms with E-state index in [-0.39, 0.29) is 23.6 Å². The Hall–Kier alpha value is -2.56. The van der Waals surface area contributed by atoms with E-state index in [2.05, 4.69) is 12.2 Å². The molecule has 1 aromatic heterocycles. The molecule has 22 heavy (non-hydrogen) atoms. The lowest BCUT2D eigenvalue weighted by Crippen LogP contribution is -2.15. The van der Waals surface area contributed by atoms with Crippen molar-refractivity contribution < 1.29 is 19.7 Å². The maximum Gasteiger partial charge on any atom is 0.202 e. The molecule has 5 rings (SSSR count). The van der Waals surface area contributed by atoms with E-state index >= 15 is 0 Å². The van der Waals surface area contributed by atoms with Gasteiger partial charge in [0, 0.05) is 29.0 Å². The van der Waals surface area contributed by atoms with Crippen LogP contribution in [0.25, 0.3) is 5.69 Å². The van der Waals surface area contributed by atoms with Crippen LogP contribution in [0.15, 0.2) is 30.4 Å². The first-order valence-electron chi connectivity index (χ1n) is 7.49. The molecule has 0 saturated carbocycles. The molecule has 2 aromatic rings. The highest BCUT2D eigenvalue weighted by Gasteiger charge is 2.41. The Morgan fingerprint density at radius 3 is 2.23 bits per heavy atom. The number of aromatic nitrogens is 1. The zero-order valence-electron chi connectivity index (χ0n) is 11.8. The van der Waals surface area contributed by atoms with Gasteiger partial charge in [-0.25, -0.2) is 0 Å². The van der Waals surface area contributed by atoms with Crippen LogP contribution in [0.5, 0.6) is 23.3 Å². The van der Waals surface area contributed by atoms with Crippen LogP contribution < -0.4 is 9.47 Å². The van der Waals surface area contributed by atoms with Gasteiger partial charge in [0.1, 0.15) is 13.2 Å². The first kappa shape index (κ1) is 12.0. The van der Waals surface area contributed by atoms with E-state index in [9.17, 15) is 10.2 Å². The third-order valence-corrected chi connectivity index (χ3v) is 4.80. The maximum atomic E-state index is 10.6. The molecular formula is C17H15NO4. The molecule has 5 nitrogen and oxygen atoms in total. The Bertz CT molecular complexity index is 785. The number of hydrogen-bond acceptors (Lipinski definition) is 4. The lowest BCUT2D eigenvalue weighted by Gasteiger charge is -2.19. The van der Waals surface area contributed by atoms with E-state index in [4.69, 9.17) is 9.47 Å². The van der Waals surface area contributed by atoms with Crippen molar-refractivity contribution in [1.29, 1.82) is 0 Å². The summed E-state index contributed by atoms with van der Waals surface area (Å²) in [5, 5.41) is 21.2. The van der Waals surface area contributed by atoms with E-state index in [1.165, 1.54) is 4.57 Å². The molecular weight excluding hydrogens is 282 g/mol. The minimum Gasteiger partial charge on any atom is -0.494 e. The molecule has 2 atom stereocenters. The van der Waals surface area contributed by atoms with Gasteiger partial charge in [-0.2, -0.15) is 0 Å².